The van der Waals surface area contributed by atoms with Crippen LogP contribution < -0.4 is 15.8 Å². The van der Waals surface area contributed by atoms with Crippen molar-refractivity contribution in [2.45, 2.75) is 44.3 Å². The second-order valence-electron chi connectivity index (χ2n) is 9.31. The molecule has 0 radical (unpaired) electrons. The number of hydrogen-bond acceptors (Lipinski definition) is 8. The third-order valence-electron chi connectivity index (χ3n) is 6.40. The number of anilines is 2. The van der Waals surface area contributed by atoms with Gasteiger partial charge in [-0.05, 0) is 43.7 Å². The highest BCUT2D eigenvalue weighted by atomic mass is 19.4. The smallest absolute Gasteiger partial charge is 0.379 e. The Bertz CT molecular complexity index is 1140. The molecule has 1 aliphatic heterocycles. The van der Waals surface area contributed by atoms with Crippen LogP contribution in [-0.4, -0.2) is 72.1 Å². The average Bonchev–Trinajstić information content (AvgIpc) is 3.69. The molecule has 2 aromatic rings. The van der Waals surface area contributed by atoms with Crippen LogP contribution in [0.1, 0.15) is 48.8 Å². The first kappa shape index (κ1) is 25.9. The molecule has 194 valence electrons. The third-order valence-corrected chi connectivity index (χ3v) is 6.40. The summed E-state index contributed by atoms with van der Waals surface area (Å²) in [6.45, 7) is 6.46. The van der Waals surface area contributed by atoms with Crippen molar-refractivity contribution in [1.29, 1.82) is 5.26 Å². The number of pyridine rings is 1. The lowest BCUT2D eigenvalue weighted by Gasteiger charge is -2.35. The number of nitriles is 1. The molecule has 1 aliphatic carbocycles. The van der Waals surface area contributed by atoms with Crippen molar-refractivity contribution in [3.63, 3.8) is 0 Å². The Morgan fingerprint density at radius 3 is 2.69 bits per heavy atom. The van der Waals surface area contributed by atoms with E-state index in [9.17, 15) is 23.2 Å². The fourth-order valence-corrected chi connectivity index (χ4v) is 4.38. The van der Waals surface area contributed by atoms with E-state index in [4.69, 9.17) is 4.74 Å². The maximum Gasteiger partial charge on any atom is 0.423 e. The number of ether oxygens (including phenoxy) is 1. The lowest BCUT2D eigenvalue weighted by Crippen LogP contribution is -2.47. The van der Waals surface area contributed by atoms with Crippen LogP contribution in [0.25, 0.3) is 0 Å². The molecule has 2 fully saturated rings. The molecule has 4 rings (SSSR count). The SMILES string of the molecule is C[C@@H](COCCCN1CCN(c2ncc(C3CC3)cc2C#N)CC1)Nc1cn[nH]c(=O)c1C(F)(F)F. The number of aromatic amines is 1. The Labute approximate surface area is 207 Å². The molecule has 0 bridgehead atoms. The number of H-pyrrole nitrogens is 1. The number of alkyl halides is 3. The van der Waals surface area contributed by atoms with Crippen molar-refractivity contribution in [3.05, 3.63) is 45.5 Å². The summed E-state index contributed by atoms with van der Waals surface area (Å²) in [4.78, 5) is 20.6. The van der Waals surface area contributed by atoms with E-state index in [1.54, 1.807) is 6.92 Å². The van der Waals surface area contributed by atoms with E-state index < -0.39 is 23.3 Å². The topological polar surface area (TPSA) is 110 Å². The summed E-state index contributed by atoms with van der Waals surface area (Å²) < 4.78 is 45.1. The van der Waals surface area contributed by atoms with Gasteiger partial charge in [-0.25, -0.2) is 10.1 Å². The molecule has 0 amide bonds. The Kier molecular flexibility index (Phi) is 8.11. The number of piperazine rings is 1. The maximum absolute atomic E-state index is 13.2. The van der Waals surface area contributed by atoms with E-state index in [0.717, 1.165) is 56.7 Å². The van der Waals surface area contributed by atoms with Gasteiger partial charge < -0.3 is 15.0 Å². The summed E-state index contributed by atoms with van der Waals surface area (Å²) in [6.07, 6.45) is 1.21. The molecule has 2 aliphatic rings. The van der Waals surface area contributed by atoms with Crippen molar-refractivity contribution in [2.24, 2.45) is 0 Å². The Morgan fingerprint density at radius 1 is 1.28 bits per heavy atom. The third kappa shape index (κ3) is 6.53. The van der Waals surface area contributed by atoms with E-state index >= 15 is 0 Å². The first-order chi connectivity index (χ1) is 17.3. The standard InChI is InChI=1S/C24H30F3N7O2/c1-16(31-20-14-30-32-23(35)21(20)24(25,26)27)15-36-10-2-5-33-6-8-34(9-7-33)22-18(12-28)11-19(13-29-22)17-3-4-17/h11,13-14,16-17H,2-10,15H2,1H3,(H2,31,32,35)/t16-/m0/s1. The van der Waals surface area contributed by atoms with Crippen LogP contribution in [0.2, 0.25) is 0 Å². The highest BCUT2D eigenvalue weighted by molar-refractivity contribution is 5.55. The van der Waals surface area contributed by atoms with Gasteiger partial charge in [0.15, 0.2) is 0 Å². The molecule has 12 heteroatoms. The first-order valence-corrected chi connectivity index (χ1v) is 12.1. The summed E-state index contributed by atoms with van der Waals surface area (Å²) in [5, 5.41) is 17.5. The van der Waals surface area contributed by atoms with Crippen LogP contribution in [0.5, 0.6) is 0 Å². The van der Waals surface area contributed by atoms with Crippen LogP contribution in [0.4, 0.5) is 24.7 Å². The summed E-state index contributed by atoms with van der Waals surface area (Å²) in [5.74, 6) is 1.32. The van der Waals surface area contributed by atoms with Crippen LogP contribution in [-0.2, 0) is 10.9 Å². The number of hydrogen-bond donors (Lipinski definition) is 2. The molecule has 36 heavy (non-hydrogen) atoms. The number of rotatable bonds is 10. The molecule has 0 spiro atoms. The van der Waals surface area contributed by atoms with Crippen molar-refractivity contribution in [3.8, 4) is 6.07 Å². The Morgan fingerprint density at radius 2 is 2.03 bits per heavy atom. The highest BCUT2D eigenvalue weighted by Crippen LogP contribution is 2.40. The van der Waals surface area contributed by atoms with Crippen molar-refractivity contribution in [1.82, 2.24) is 20.1 Å². The van der Waals surface area contributed by atoms with Gasteiger partial charge in [-0.1, -0.05) is 0 Å². The highest BCUT2D eigenvalue weighted by Gasteiger charge is 2.37. The molecular weight excluding hydrogens is 475 g/mol. The lowest BCUT2D eigenvalue weighted by molar-refractivity contribution is -0.138. The lowest BCUT2D eigenvalue weighted by atomic mass is 10.1. The van der Waals surface area contributed by atoms with E-state index in [-0.39, 0.29) is 12.3 Å². The summed E-state index contributed by atoms with van der Waals surface area (Å²) in [5.41, 5.74) is -1.14. The molecule has 1 atom stereocenters. The minimum Gasteiger partial charge on any atom is -0.379 e. The Balaban J connectivity index is 1.16. The van der Waals surface area contributed by atoms with Crippen LogP contribution >= 0.6 is 0 Å². The zero-order valence-electron chi connectivity index (χ0n) is 20.1. The van der Waals surface area contributed by atoms with E-state index in [1.165, 1.54) is 12.8 Å². The predicted molar refractivity (Wildman–Crippen MR) is 128 cm³/mol. The summed E-state index contributed by atoms with van der Waals surface area (Å²) in [7, 11) is 0. The van der Waals surface area contributed by atoms with Gasteiger partial charge in [-0.3, -0.25) is 9.69 Å². The van der Waals surface area contributed by atoms with Crippen molar-refractivity contribution >= 4 is 11.5 Å². The zero-order valence-corrected chi connectivity index (χ0v) is 20.1. The van der Waals surface area contributed by atoms with E-state index in [0.29, 0.717) is 18.1 Å². The number of aromatic nitrogens is 3. The first-order valence-electron chi connectivity index (χ1n) is 12.1. The zero-order chi connectivity index (χ0) is 25.7. The molecule has 1 saturated heterocycles. The van der Waals surface area contributed by atoms with Gasteiger partial charge >= 0.3 is 6.18 Å². The number of nitrogens with zero attached hydrogens (tertiary/aromatic N) is 5. The van der Waals surface area contributed by atoms with Crippen molar-refractivity contribution in [2.75, 3.05) is 56.2 Å². The summed E-state index contributed by atoms with van der Waals surface area (Å²) >= 11 is 0. The Hall–Kier alpha value is -3.17. The minimum atomic E-state index is -4.78. The molecule has 1 saturated carbocycles. The molecule has 0 unspecified atom stereocenters. The van der Waals surface area contributed by atoms with Gasteiger partial charge in [0.2, 0.25) is 0 Å². The largest absolute Gasteiger partial charge is 0.423 e. The van der Waals surface area contributed by atoms with Gasteiger partial charge in [-0.15, -0.1) is 0 Å². The fourth-order valence-electron chi connectivity index (χ4n) is 4.38. The van der Waals surface area contributed by atoms with Crippen LogP contribution in [0, 0.1) is 11.3 Å². The minimum absolute atomic E-state index is 0.192. The molecule has 2 aromatic heterocycles. The van der Waals surface area contributed by atoms with Gasteiger partial charge in [0.25, 0.3) is 5.56 Å². The molecular formula is C24H30F3N7O2. The maximum atomic E-state index is 13.2. The van der Waals surface area contributed by atoms with E-state index in [1.807, 2.05) is 17.4 Å². The van der Waals surface area contributed by atoms with Gasteiger partial charge in [0, 0.05) is 51.6 Å². The molecule has 9 nitrogen and oxygen atoms in total. The average molecular weight is 506 g/mol. The van der Waals surface area contributed by atoms with Gasteiger partial charge in [-0.2, -0.15) is 23.5 Å². The molecule has 0 aromatic carbocycles. The fraction of sp³-hybridized carbons (Fsp3) is 0.583. The molecule has 3 heterocycles. The normalized spacial score (nSPS) is 17.6. The van der Waals surface area contributed by atoms with Crippen LogP contribution in [0.15, 0.2) is 23.3 Å². The quantitative estimate of drug-likeness (QED) is 0.475. The second-order valence-corrected chi connectivity index (χ2v) is 9.31. The second kappa shape index (κ2) is 11.3. The van der Waals surface area contributed by atoms with Crippen molar-refractivity contribution < 1.29 is 17.9 Å². The number of halogens is 3. The summed E-state index contributed by atoms with van der Waals surface area (Å²) in [6, 6.07) is 3.84. The monoisotopic (exact) mass is 505 g/mol. The number of nitrogens with one attached hydrogen (secondary N) is 2. The van der Waals surface area contributed by atoms with Gasteiger partial charge in [0.05, 0.1) is 24.1 Å². The van der Waals surface area contributed by atoms with Gasteiger partial charge in [0.1, 0.15) is 17.5 Å². The molecule has 2 N–H and O–H groups in total. The van der Waals surface area contributed by atoms with E-state index in [2.05, 4.69) is 31.3 Å². The predicted octanol–water partition coefficient (Wildman–Crippen LogP) is 2.96. The van der Waals surface area contributed by atoms with Crippen LogP contribution in [0.3, 0.4) is 0 Å².